The van der Waals surface area contributed by atoms with Crippen molar-refractivity contribution in [2.75, 3.05) is 12.0 Å². The lowest BCUT2D eigenvalue weighted by Gasteiger charge is -2.30. The molecule has 0 aromatic heterocycles. The molecule has 1 saturated heterocycles. The molecule has 0 N–H and O–H groups in total. The lowest BCUT2D eigenvalue weighted by molar-refractivity contribution is -0.123. The molecule has 0 spiro atoms. The van der Waals surface area contributed by atoms with Crippen LogP contribution in [0.5, 0.6) is 0 Å². The second-order valence-electron chi connectivity index (χ2n) is 6.33. The van der Waals surface area contributed by atoms with Gasteiger partial charge in [-0.3, -0.25) is 14.5 Å². The molecule has 0 radical (unpaired) electrons. The van der Waals surface area contributed by atoms with E-state index < -0.39 is 0 Å². The molecule has 1 aromatic carbocycles. The number of carbonyl (C=O) groups is 2. The number of benzene rings is 1. The summed E-state index contributed by atoms with van der Waals surface area (Å²) in [5.41, 5.74) is 1.99. The molecule has 1 heterocycles. The van der Waals surface area contributed by atoms with Crippen LogP contribution in [0.25, 0.3) is 0 Å². The number of amides is 2. The Kier molecular flexibility index (Phi) is 3.15. The highest BCUT2D eigenvalue weighted by Crippen LogP contribution is 2.50. The minimum Gasteiger partial charge on any atom is -0.381 e. The van der Waals surface area contributed by atoms with Crippen LogP contribution in [0.15, 0.2) is 42.0 Å². The highest BCUT2D eigenvalue weighted by atomic mass is 16.5. The molecule has 1 aliphatic heterocycles. The summed E-state index contributed by atoms with van der Waals surface area (Å²) in [7, 11) is 1.70. The predicted octanol–water partition coefficient (Wildman–Crippen LogP) is 2.55. The van der Waals surface area contributed by atoms with Gasteiger partial charge in [0.1, 0.15) is 0 Å². The van der Waals surface area contributed by atoms with Gasteiger partial charge in [0.25, 0.3) is 0 Å². The molecular weight excluding hydrogens is 278 g/mol. The van der Waals surface area contributed by atoms with Crippen LogP contribution in [0.2, 0.25) is 0 Å². The van der Waals surface area contributed by atoms with Crippen LogP contribution < -0.4 is 4.90 Å². The van der Waals surface area contributed by atoms with Crippen molar-refractivity contribution in [3.05, 3.63) is 42.0 Å². The van der Waals surface area contributed by atoms with E-state index >= 15 is 0 Å². The zero-order valence-corrected chi connectivity index (χ0v) is 12.6. The van der Waals surface area contributed by atoms with E-state index in [-0.39, 0.29) is 35.7 Å². The number of methoxy groups -OCH3 is 1. The van der Waals surface area contributed by atoms with Gasteiger partial charge in [-0.1, -0.05) is 29.8 Å². The Morgan fingerprint density at radius 2 is 1.86 bits per heavy atom. The Hall–Kier alpha value is -1.94. The Morgan fingerprint density at radius 3 is 2.59 bits per heavy atom. The van der Waals surface area contributed by atoms with Crippen LogP contribution >= 0.6 is 0 Å². The molecule has 114 valence electrons. The third-order valence-electron chi connectivity index (χ3n) is 5.36. The van der Waals surface area contributed by atoms with Crippen LogP contribution in [0.4, 0.5) is 5.69 Å². The van der Waals surface area contributed by atoms with Crippen molar-refractivity contribution in [3.63, 3.8) is 0 Å². The maximum Gasteiger partial charge on any atom is 0.238 e. The first kappa shape index (κ1) is 13.7. The van der Waals surface area contributed by atoms with E-state index in [4.69, 9.17) is 4.74 Å². The first-order chi connectivity index (χ1) is 10.7. The van der Waals surface area contributed by atoms with Gasteiger partial charge in [0.2, 0.25) is 11.8 Å². The van der Waals surface area contributed by atoms with Crippen LogP contribution in [0.3, 0.4) is 0 Å². The molecule has 4 nitrogen and oxygen atoms in total. The number of para-hydroxylation sites is 1. The first-order valence-electron chi connectivity index (χ1n) is 7.87. The number of hydrogen-bond acceptors (Lipinski definition) is 3. The number of nitrogens with zero attached hydrogens (tertiary/aromatic N) is 1. The molecule has 2 aliphatic carbocycles. The van der Waals surface area contributed by atoms with E-state index in [1.165, 1.54) is 10.5 Å². The second-order valence-corrected chi connectivity index (χ2v) is 6.33. The van der Waals surface area contributed by atoms with E-state index in [9.17, 15) is 9.59 Å². The average Bonchev–Trinajstić information content (AvgIpc) is 3.07. The lowest BCUT2D eigenvalue weighted by atomic mass is 9.73. The molecule has 0 bridgehead atoms. The van der Waals surface area contributed by atoms with E-state index in [2.05, 4.69) is 6.08 Å². The molecule has 3 aliphatic rings. The van der Waals surface area contributed by atoms with Gasteiger partial charge in [0, 0.05) is 13.0 Å². The lowest BCUT2D eigenvalue weighted by Crippen LogP contribution is -2.36. The van der Waals surface area contributed by atoms with Crippen molar-refractivity contribution in [3.8, 4) is 0 Å². The Labute approximate surface area is 129 Å². The molecular formula is C18H19NO3. The molecule has 4 heteroatoms. The summed E-state index contributed by atoms with van der Waals surface area (Å²) in [4.78, 5) is 27.1. The Morgan fingerprint density at radius 1 is 1.09 bits per heavy atom. The topological polar surface area (TPSA) is 46.6 Å². The van der Waals surface area contributed by atoms with Crippen molar-refractivity contribution in [1.29, 1.82) is 0 Å². The number of anilines is 1. The molecule has 2 amide bonds. The van der Waals surface area contributed by atoms with E-state index in [0.29, 0.717) is 12.1 Å². The van der Waals surface area contributed by atoms with E-state index in [0.717, 1.165) is 12.8 Å². The predicted molar refractivity (Wildman–Crippen MR) is 82.1 cm³/mol. The summed E-state index contributed by atoms with van der Waals surface area (Å²) in [5, 5.41) is 0. The second kappa shape index (κ2) is 5.06. The zero-order valence-electron chi connectivity index (χ0n) is 12.6. The molecule has 4 rings (SSSR count). The van der Waals surface area contributed by atoms with Gasteiger partial charge in [0.15, 0.2) is 0 Å². The third kappa shape index (κ3) is 1.80. The summed E-state index contributed by atoms with van der Waals surface area (Å²) in [6.07, 6.45) is 4.85. The van der Waals surface area contributed by atoms with Gasteiger partial charge in [-0.2, -0.15) is 0 Å². The highest BCUT2D eigenvalue weighted by molar-refractivity contribution is 6.22. The maximum absolute atomic E-state index is 13.0. The summed E-state index contributed by atoms with van der Waals surface area (Å²) >= 11 is 0. The Balaban J connectivity index is 1.73. The fraction of sp³-hybridized carbons (Fsp3) is 0.444. The van der Waals surface area contributed by atoms with Crippen LogP contribution in [-0.4, -0.2) is 25.0 Å². The smallest absolute Gasteiger partial charge is 0.238 e. The number of hydrogen-bond donors (Lipinski definition) is 0. The van der Waals surface area contributed by atoms with Crippen molar-refractivity contribution < 1.29 is 14.3 Å². The molecule has 4 unspecified atom stereocenters. The third-order valence-corrected chi connectivity index (χ3v) is 5.36. The fourth-order valence-electron chi connectivity index (χ4n) is 4.37. The van der Waals surface area contributed by atoms with Gasteiger partial charge >= 0.3 is 0 Å². The fourth-order valence-corrected chi connectivity index (χ4v) is 4.37. The number of allylic oxidation sites excluding steroid dienone is 1. The molecule has 1 aromatic rings. The standard InChI is InChI=1S/C18H19NO3/c1-22-14-10-8-11-7-9-13-16(15(11)14)18(21)19(17(13)20)12-5-3-2-4-6-12/h2-7,13-16H,8-10H2,1H3. The number of rotatable bonds is 2. The van der Waals surface area contributed by atoms with Gasteiger partial charge in [-0.25, -0.2) is 0 Å². The van der Waals surface area contributed by atoms with Crippen molar-refractivity contribution in [2.24, 2.45) is 17.8 Å². The van der Waals surface area contributed by atoms with Gasteiger partial charge in [0.05, 0.1) is 23.6 Å². The molecule has 1 saturated carbocycles. The number of fused-ring (bicyclic) bond motifs is 3. The summed E-state index contributed by atoms with van der Waals surface area (Å²) in [5.74, 6) is -0.509. The number of carbonyl (C=O) groups excluding carboxylic acids is 2. The van der Waals surface area contributed by atoms with Gasteiger partial charge in [-0.05, 0) is 31.4 Å². The summed E-state index contributed by atoms with van der Waals surface area (Å²) < 4.78 is 5.59. The van der Waals surface area contributed by atoms with Crippen molar-refractivity contribution in [1.82, 2.24) is 0 Å². The zero-order chi connectivity index (χ0) is 15.3. The quantitative estimate of drug-likeness (QED) is 0.622. The monoisotopic (exact) mass is 297 g/mol. The SMILES string of the molecule is COC1CCC2=CCC3C(=O)N(c4ccccc4)C(=O)C3C21. The summed E-state index contributed by atoms with van der Waals surface area (Å²) in [6.45, 7) is 0. The first-order valence-corrected chi connectivity index (χ1v) is 7.87. The largest absolute Gasteiger partial charge is 0.381 e. The number of ether oxygens (including phenoxy) is 1. The minimum atomic E-state index is -0.250. The van der Waals surface area contributed by atoms with E-state index in [1.807, 2.05) is 30.3 Å². The minimum absolute atomic E-state index is 0.0549. The summed E-state index contributed by atoms with van der Waals surface area (Å²) in [6, 6.07) is 9.25. The molecule has 22 heavy (non-hydrogen) atoms. The maximum atomic E-state index is 13.0. The van der Waals surface area contributed by atoms with Crippen LogP contribution in [0, 0.1) is 17.8 Å². The normalized spacial score (nSPS) is 33.7. The Bertz CT molecular complexity index is 652. The van der Waals surface area contributed by atoms with Crippen molar-refractivity contribution >= 4 is 17.5 Å². The molecule has 2 fully saturated rings. The average molecular weight is 297 g/mol. The van der Waals surface area contributed by atoms with Crippen LogP contribution in [-0.2, 0) is 14.3 Å². The number of imide groups is 1. The van der Waals surface area contributed by atoms with Crippen LogP contribution in [0.1, 0.15) is 19.3 Å². The van der Waals surface area contributed by atoms with Crippen molar-refractivity contribution in [2.45, 2.75) is 25.4 Å². The van der Waals surface area contributed by atoms with Gasteiger partial charge in [-0.15, -0.1) is 0 Å². The van der Waals surface area contributed by atoms with E-state index in [1.54, 1.807) is 7.11 Å². The van der Waals surface area contributed by atoms with Gasteiger partial charge < -0.3 is 4.74 Å². The highest BCUT2D eigenvalue weighted by Gasteiger charge is 2.56. The molecule has 4 atom stereocenters.